The molecule has 0 amide bonds. The molecule has 2 aromatic heterocycles. The van der Waals surface area contributed by atoms with Crippen molar-refractivity contribution in [2.24, 2.45) is 0 Å². The summed E-state index contributed by atoms with van der Waals surface area (Å²) in [5.74, 6) is 1.49. The van der Waals surface area contributed by atoms with E-state index < -0.39 is 10.0 Å². The smallest absolute Gasteiger partial charge is 0.242 e. The fourth-order valence-electron chi connectivity index (χ4n) is 3.53. The molecule has 0 aliphatic carbocycles. The van der Waals surface area contributed by atoms with Crippen LogP contribution in [0.1, 0.15) is 33.1 Å². The Labute approximate surface area is 185 Å². The first-order valence-corrected chi connectivity index (χ1v) is 12.5. The van der Waals surface area contributed by atoms with Crippen LogP contribution in [0.25, 0.3) is 0 Å². The molecule has 1 saturated heterocycles. The predicted molar refractivity (Wildman–Crippen MR) is 123 cm³/mol. The second kappa shape index (κ2) is 11.4. The van der Waals surface area contributed by atoms with Gasteiger partial charge in [-0.25, -0.2) is 28.1 Å². The normalized spacial score (nSPS) is 15.4. The molecule has 9 nitrogen and oxygen atoms in total. The van der Waals surface area contributed by atoms with E-state index in [1.807, 2.05) is 19.9 Å². The van der Waals surface area contributed by atoms with Crippen molar-refractivity contribution in [1.82, 2.24) is 24.6 Å². The molecular formula is C21H33N7O2S. The van der Waals surface area contributed by atoms with Gasteiger partial charge in [0.05, 0.1) is 0 Å². The molecule has 1 fully saturated rings. The first kappa shape index (κ1) is 23.4. The van der Waals surface area contributed by atoms with Gasteiger partial charge in [-0.15, -0.1) is 0 Å². The highest BCUT2D eigenvalue weighted by Gasteiger charge is 2.19. The Morgan fingerprint density at radius 3 is 2.35 bits per heavy atom. The lowest BCUT2D eigenvalue weighted by Gasteiger charge is -2.34. The van der Waals surface area contributed by atoms with E-state index in [0.29, 0.717) is 5.82 Å². The van der Waals surface area contributed by atoms with Gasteiger partial charge in [-0.05, 0) is 44.0 Å². The molecule has 1 aliphatic rings. The maximum Gasteiger partial charge on any atom is 0.242 e. The quantitative estimate of drug-likeness (QED) is 0.504. The van der Waals surface area contributed by atoms with Crippen molar-refractivity contribution >= 4 is 21.8 Å². The minimum Gasteiger partial charge on any atom is -0.370 e. The lowest BCUT2D eigenvalue weighted by atomic mass is 10.2. The third kappa shape index (κ3) is 6.84. The molecule has 0 saturated carbocycles. The molecule has 3 rings (SSSR count). The fourth-order valence-corrected chi connectivity index (χ4v) is 4.88. The third-order valence-corrected chi connectivity index (χ3v) is 7.02. The summed E-state index contributed by atoms with van der Waals surface area (Å²) in [4.78, 5) is 17.8. The number of sulfonamides is 1. The Morgan fingerprint density at radius 2 is 1.74 bits per heavy atom. The molecule has 3 heterocycles. The van der Waals surface area contributed by atoms with Crippen LogP contribution in [-0.4, -0.2) is 73.6 Å². The number of hydrogen-bond acceptors (Lipinski definition) is 8. The van der Waals surface area contributed by atoms with Crippen molar-refractivity contribution in [3.63, 3.8) is 0 Å². The molecule has 0 atom stereocenters. The SMILES string of the molecule is CCC(CC)NS(=O)(=O)c1ccc(NCCCN2CCN(c3ncccn3)CC2)nc1. The van der Waals surface area contributed by atoms with E-state index in [1.165, 1.54) is 6.20 Å². The highest BCUT2D eigenvalue weighted by molar-refractivity contribution is 7.89. The van der Waals surface area contributed by atoms with Crippen LogP contribution in [0.2, 0.25) is 0 Å². The molecule has 31 heavy (non-hydrogen) atoms. The van der Waals surface area contributed by atoms with Gasteiger partial charge in [-0.3, -0.25) is 4.90 Å². The van der Waals surface area contributed by atoms with Crippen LogP contribution in [0.4, 0.5) is 11.8 Å². The minimum atomic E-state index is -3.52. The van der Waals surface area contributed by atoms with Gasteiger partial charge >= 0.3 is 0 Å². The fraction of sp³-hybridized carbons (Fsp3) is 0.571. The van der Waals surface area contributed by atoms with Crippen molar-refractivity contribution in [1.29, 1.82) is 0 Å². The Morgan fingerprint density at radius 1 is 1.03 bits per heavy atom. The van der Waals surface area contributed by atoms with E-state index in [2.05, 4.69) is 34.8 Å². The van der Waals surface area contributed by atoms with Crippen LogP contribution in [0, 0.1) is 0 Å². The van der Waals surface area contributed by atoms with E-state index in [4.69, 9.17) is 0 Å². The maximum absolute atomic E-state index is 12.4. The second-order valence-corrected chi connectivity index (χ2v) is 9.39. The van der Waals surface area contributed by atoms with E-state index in [0.717, 1.165) is 64.5 Å². The first-order valence-electron chi connectivity index (χ1n) is 11.0. The van der Waals surface area contributed by atoms with Crippen molar-refractivity contribution in [2.75, 3.05) is 49.5 Å². The van der Waals surface area contributed by atoms with Crippen LogP contribution in [0.3, 0.4) is 0 Å². The number of pyridine rings is 1. The lowest BCUT2D eigenvalue weighted by Crippen LogP contribution is -2.47. The van der Waals surface area contributed by atoms with Crippen LogP contribution in [-0.2, 0) is 10.0 Å². The molecule has 2 aromatic rings. The van der Waals surface area contributed by atoms with Crippen LogP contribution >= 0.6 is 0 Å². The van der Waals surface area contributed by atoms with Crippen LogP contribution in [0.5, 0.6) is 0 Å². The Balaban J connectivity index is 1.38. The predicted octanol–water partition coefficient (Wildman–Crippen LogP) is 1.96. The summed E-state index contributed by atoms with van der Waals surface area (Å²) >= 11 is 0. The molecule has 0 radical (unpaired) electrons. The minimum absolute atomic E-state index is 0.0510. The largest absolute Gasteiger partial charge is 0.370 e. The van der Waals surface area contributed by atoms with Crippen LogP contribution < -0.4 is 14.9 Å². The zero-order valence-electron chi connectivity index (χ0n) is 18.4. The topological polar surface area (TPSA) is 103 Å². The molecule has 0 aromatic carbocycles. The Hall–Kier alpha value is -2.30. The molecule has 0 spiro atoms. The number of aromatic nitrogens is 3. The number of anilines is 2. The van der Waals surface area contributed by atoms with Gasteiger partial charge in [0.1, 0.15) is 10.7 Å². The number of hydrogen-bond donors (Lipinski definition) is 2. The lowest BCUT2D eigenvalue weighted by molar-refractivity contribution is 0.256. The average molecular weight is 448 g/mol. The first-order chi connectivity index (χ1) is 15.0. The number of piperazine rings is 1. The highest BCUT2D eigenvalue weighted by Crippen LogP contribution is 2.13. The summed E-state index contributed by atoms with van der Waals surface area (Å²) in [6.45, 7) is 9.58. The number of rotatable bonds is 11. The van der Waals surface area contributed by atoms with Gasteiger partial charge < -0.3 is 10.2 Å². The molecular weight excluding hydrogens is 414 g/mol. The zero-order valence-corrected chi connectivity index (χ0v) is 19.2. The standard InChI is InChI=1S/C21H33N7O2S/c1-3-18(4-2)26-31(29,30)19-7-8-20(25-17-19)22-11-6-12-27-13-15-28(16-14-27)21-23-9-5-10-24-21/h5,7-10,17-18,26H,3-4,6,11-16H2,1-2H3,(H,22,25). The summed E-state index contributed by atoms with van der Waals surface area (Å²) in [7, 11) is -3.52. The third-order valence-electron chi connectivity index (χ3n) is 5.52. The van der Waals surface area contributed by atoms with Gasteiger partial charge in [-0.1, -0.05) is 13.8 Å². The monoisotopic (exact) mass is 447 g/mol. The molecule has 170 valence electrons. The number of nitrogens with one attached hydrogen (secondary N) is 2. The molecule has 10 heteroatoms. The summed E-state index contributed by atoms with van der Waals surface area (Å²) < 4.78 is 27.6. The van der Waals surface area contributed by atoms with E-state index in [-0.39, 0.29) is 10.9 Å². The Kier molecular flexibility index (Phi) is 8.56. The van der Waals surface area contributed by atoms with Gasteiger partial charge in [0.2, 0.25) is 16.0 Å². The van der Waals surface area contributed by atoms with E-state index in [1.54, 1.807) is 24.5 Å². The summed E-state index contributed by atoms with van der Waals surface area (Å²) in [6.07, 6.45) is 7.48. The number of nitrogens with zero attached hydrogens (tertiary/aromatic N) is 5. The van der Waals surface area contributed by atoms with Crippen molar-refractivity contribution in [2.45, 2.75) is 44.0 Å². The van der Waals surface area contributed by atoms with Crippen molar-refractivity contribution in [3.8, 4) is 0 Å². The van der Waals surface area contributed by atoms with Crippen molar-refractivity contribution in [3.05, 3.63) is 36.8 Å². The molecule has 0 unspecified atom stereocenters. The summed E-state index contributed by atoms with van der Waals surface area (Å²) in [5, 5.41) is 3.28. The molecule has 1 aliphatic heterocycles. The molecule has 0 bridgehead atoms. The average Bonchev–Trinajstić information content (AvgIpc) is 2.81. The Bertz CT molecular complexity index is 882. The van der Waals surface area contributed by atoms with Gasteiger partial charge in [0, 0.05) is 57.4 Å². The van der Waals surface area contributed by atoms with E-state index in [9.17, 15) is 8.42 Å². The van der Waals surface area contributed by atoms with Crippen LogP contribution in [0.15, 0.2) is 41.7 Å². The van der Waals surface area contributed by atoms with Gasteiger partial charge in [0.15, 0.2) is 0 Å². The maximum atomic E-state index is 12.4. The van der Waals surface area contributed by atoms with E-state index >= 15 is 0 Å². The molecule has 2 N–H and O–H groups in total. The van der Waals surface area contributed by atoms with Gasteiger partial charge in [0.25, 0.3) is 0 Å². The van der Waals surface area contributed by atoms with Crippen molar-refractivity contribution < 1.29 is 8.42 Å². The second-order valence-electron chi connectivity index (χ2n) is 7.67. The highest BCUT2D eigenvalue weighted by atomic mass is 32.2. The summed E-state index contributed by atoms with van der Waals surface area (Å²) in [5.41, 5.74) is 0. The zero-order chi connectivity index (χ0) is 22.1. The van der Waals surface area contributed by atoms with Gasteiger partial charge in [-0.2, -0.15) is 0 Å². The summed E-state index contributed by atoms with van der Waals surface area (Å²) in [6, 6.07) is 5.11.